The maximum absolute atomic E-state index is 10.4. The van der Waals surface area contributed by atoms with Gasteiger partial charge in [0.1, 0.15) is 0 Å². The normalized spacial score (nSPS) is 9.73. The van der Waals surface area contributed by atoms with E-state index in [1.807, 2.05) is 30.3 Å². The van der Waals surface area contributed by atoms with Gasteiger partial charge in [-0.15, -0.1) is 0 Å². The number of carbonyl (C=O) groups is 2. The Balaban J connectivity index is 0.000000481. The zero-order valence-electron chi connectivity index (χ0n) is 15.6. The van der Waals surface area contributed by atoms with Crippen LogP contribution in [-0.2, 0) is 20.7 Å². The predicted octanol–water partition coefficient (Wildman–Crippen LogP) is 4.48. The van der Waals surface area contributed by atoms with Crippen LogP contribution in [0, 0.1) is 0 Å². The summed E-state index contributed by atoms with van der Waals surface area (Å²) >= 11 is 0. The van der Waals surface area contributed by atoms with Gasteiger partial charge in [-0.1, -0.05) is 56.8 Å². The van der Waals surface area contributed by atoms with Crippen molar-refractivity contribution in [2.45, 2.75) is 45.4 Å². The van der Waals surface area contributed by atoms with Gasteiger partial charge in [-0.25, -0.2) is 9.59 Å². The van der Waals surface area contributed by atoms with Gasteiger partial charge >= 0.3 is 11.9 Å². The molecule has 1 aromatic rings. The number of carboxylic acids is 2. The first-order chi connectivity index (χ1) is 12.4. The molecule has 5 nitrogen and oxygen atoms in total. The van der Waals surface area contributed by atoms with E-state index >= 15 is 0 Å². The lowest BCUT2D eigenvalue weighted by Gasteiger charge is -2.02. The van der Waals surface area contributed by atoms with E-state index in [9.17, 15) is 9.59 Å². The Labute approximate surface area is 156 Å². The van der Waals surface area contributed by atoms with Gasteiger partial charge in [-0.3, -0.25) is 0 Å². The molecule has 0 saturated carbocycles. The van der Waals surface area contributed by atoms with E-state index < -0.39 is 11.9 Å². The van der Waals surface area contributed by atoms with Crippen LogP contribution in [0.2, 0.25) is 0 Å². The molecule has 0 heterocycles. The molecule has 0 fully saturated rings. The van der Waals surface area contributed by atoms with Crippen LogP contribution in [0.4, 0.5) is 0 Å². The monoisotopic (exact) mass is 362 g/mol. The molecule has 0 aliphatic heterocycles. The second-order valence-electron chi connectivity index (χ2n) is 5.87. The number of ether oxygens (including phenoxy) is 1. The molecule has 26 heavy (non-hydrogen) atoms. The molecule has 0 unspecified atom stereocenters. The lowest BCUT2D eigenvalue weighted by molar-refractivity contribution is -0.133. The molecule has 0 atom stereocenters. The first-order valence-corrected chi connectivity index (χ1v) is 8.82. The van der Waals surface area contributed by atoms with Crippen LogP contribution in [0.1, 0.15) is 44.6 Å². The molecule has 1 aromatic carbocycles. The zero-order chi connectivity index (χ0) is 19.8. The molecule has 0 aliphatic carbocycles. The number of carboxylic acid groups (broad SMARTS) is 2. The first kappa shape index (κ1) is 23.6. The molecule has 5 heteroatoms. The minimum atomic E-state index is -0.909. The average Bonchev–Trinajstić information content (AvgIpc) is 2.63. The molecule has 0 saturated heterocycles. The molecule has 0 bridgehead atoms. The van der Waals surface area contributed by atoms with E-state index in [0.29, 0.717) is 19.4 Å². The number of unbranched alkanes of at least 4 members (excludes halogenated alkanes) is 1. The van der Waals surface area contributed by atoms with Gasteiger partial charge in [0.25, 0.3) is 0 Å². The summed E-state index contributed by atoms with van der Waals surface area (Å²) < 4.78 is 5.27. The van der Waals surface area contributed by atoms with Gasteiger partial charge in [-0.05, 0) is 37.7 Å². The predicted molar refractivity (Wildman–Crippen MR) is 103 cm³/mol. The van der Waals surface area contributed by atoms with Crippen molar-refractivity contribution in [3.05, 3.63) is 60.2 Å². The second-order valence-corrected chi connectivity index (χ2v) is 5.87. The van der Waals surface area contributed by atoms with E-state index in [4.69, 9.17) is 14.9 Å². The van der Waals surface area contributed by atoms with Gasteiger partial charge in [-0.2, -0.15) is 0 Å². The Bertz CT molecular complexity index is 563. The average molecular weight is 362 g/mol. The molecular formula is C21H30O5. The van der Waals surface area contributed by atoms with Gasteiger partial charge in [0.15, 0.2) is 0 Å². The minimum Gasteiger partial charge on any atom is -0.478 e. The fourth-order valence-electron chi connectivity index (χ4n) is 1.89. The SMILES string of the molecule is C=C(CCCOCCCC)C(=O)O.C=C(CCc1ccccc1)C(=O)O. The summed E-state index contributed by atoms with van der Waals surface area (Å²) in [5.41, 5.74) is 1.67. The molecule has 1 rings (SSSR count). The summed E-state index contributed by atoms with van der Waals surface area (Å²) in [6.45, 7) is 10.4. The van der Waals surface area contributed by atoms with Crippen molar-refractivity contribution in [2.24, 2.45) is 0 Å². The third-order valence-electron chi connectivity index (χ3n) is 3.57. The summed E-state index contributed by atoms with van der Waals surface area (Å²) in [6, 6.07) is 9.79. The quantitative estimate of drug-likeness (QED) is 0.423. The molecule has 0 aromatic heterocycles. The van der Waals surface area contributed by atoms with Crippen LogP contribution in [0.3, 0.4) is 0 Å². The van der Waals surface area contributed by atoms with Crippen LogP contribution in [0.15, 0.2) is 54.6 Å². The molecule has 2 N–H and O–H groups in total. The summed E-state index contributed by atoms with van der Waals surface area (Å²) in [5.74, 6) is -1.82. The van der Waals surface area contributed by atoms with Crippen molar-refractivity contribution in [3.8, 4) is 0 Å². The highest BCUT2D eigenvalue weighted by atomic mass is 16.5. The number of hydrogen-bond donors (Lipinski definition) is 2. The summed E-state index contributed by atoms with van der Waals surface area (Å²) in [5, 5.41) is 17.0. The Kier molecular flexibility index (Phi) is 13.5. The van der Waals surface area contributed by atoms with E-state index in [-0.39, 0.29) is 11.1 Å². The first-order valence-electron chi connectivity index (χ1n) is 8.82. The Morgan fingerprint density at radius 2 is 1.46 bits per heavy atom. The van der Waals surface area contributed by atoms with Gasteiger partial charge < -0.3 is 14.9 Å². The van der Waals surface area contributed by atoms with Gasteiger partial charge in [0.2, 0.25) is 0 Å². The minimum absolute atomic E-state index is 0.263. The molecule has 0 radical (unpaired) electrons. The fourth-order valence-corrected chi connectivity index (χ4v) is 1.89. The molecular weight excluding hydrogens is 332 g/mol. The third kappa shape index (κ3) is 13.0. The Morgan fingerprint density at radius 3 is 2.00 bits per heavy atom. The highest BCUT2D eigenvalue weighted by Crippen LogP contribution is 2.07. The number of benzene rings is 1. The fraction of sp³-hybridized carbons (Fsp3) is 0.429. The van der Waals surface area contributed by atoms with Crippen LogP contribution < -0.4 is 0 Å². The van der Waals surface area contributed by atoms with E-state index in [1.54, 1.807) is 0 Å². The summed E-state index contributed by atoms with van der Waals surface area (Å²) in [6.07, 6.45) is 4.71. The van der Waals surface area contributed by atoms with Crippen molar-refractivity contribution >= 4 is 11.9 Å². The third-order valence-corrected chi connectivity index (χ3v) is 3.57. The van der Waals surface area contributed by atoms with Gasteiger partial charge in [0, 0.05) is 24.4 Å². The van der Waals surface area contributed by atoms with Crippen molar-refractivity contribution in [1.29, 1.82) is 0 Å². The largest absolute Gasteiger partial charge is 0.478 e. The van der Waals surface area contributed by atoms with E-state index in [2.05, 4.69) is 20.1 Å². The molecule has 0 amide bonds. The van der Waals surface area contributed by atoms with Crippen molar-refractivity contribution in [1.82, 2.24) is 0 Å². The summed E-state index contributed by atoms with van der Waals surface area (Å²) in [7, 11) is 0. The zero-order valence-corrected chi connectivity index (χ0v) is 15.6. The molecule has 0 spiro atoms. The van der Waals surface area contributed by atoms with Crippen LogP contribution in [0.25, 0.3) is 0 Å². The topological polar surface area (TPSA) is 83.8 Å². The Morgan fingerprint density at radius 1 is 0.923 bits per heavy atom. The number of aliphatic carboxylic acids is 2. The van der Waals surface area contributed by atoms with E-state index in [0.717, 1.165) is 37.9 Å². The van der Waals surface area contributed by atoms with Crippen LogP contribution in [0.5, 0.6) is 0 Å². The molecule has 0 aliphatic rings. The van der Waals surface area contributed by atoms with Crippen LogP contribution in [-0.4, -0.2) is 35.4 Å². The van der Waals surface area contributed by atoms with Crippen molar-refractivity contribution in [3.63, 3.8) is 0 Å². The highest BCUT2D eigenvalue weighted by Gasteiger charge is 2.03. The van der Waals surface area contributed by atoms with Crippen molar-refractivity contribution < 1.29 is 24.5 Å². The van der Waals surface area contributed by atoms with Crippen molar-refractivity contribution in [2.75, 3.05) is 13.2 Å². The smallest absolute Gasteiger partial charge is 0.330 e. The molecule has 144 valence electrons. The maximum atomic E-state index is 10.4. The highest BCUT2D eigenvalue weighted by molar-refractivity contribution is 5.86. The van der Waals surface area contributed by atoms with Crippen LogP contribution >= 0.6 is 0 Å². The Hall–Kier alpha value is -2.40. The lowest BCUT2D eigenvalue weighted by atomic mass is 10.1. The number of rotatable bonds is 12. The van der Waals surface area contributed by atoms with Gasteiger partial charge in [0.05, 0.1) is 0 Å². The maximum Gasteiger partial charge on any atom is 0.330 e. The number of aryl methyl sites for hydroxylation is 1. The standard InChI is InChI=1S/C11H12O2.C10H18O3/c1-9(11(12)13)7-8-10-5-3-2-4-6-10;1-3-4-7-13-8-5-6-9(2)10(11)12/h2-6H,1,7-8H2,(H,12,13);2-8H2,1H3,(H,11,12). The summed E-state index contributed by atoms with van der Waals surface area (Å²) in [4.78, 5) is 20.7. The lowest BCUT2D eigenvalue weighted by Crippen LogP contribution is -2.02. The van der Waals surface area contributed by atoms with E-state index in [1.165, 1.54) is 0 Å². The number of hydrogen-bond acceptors (Lipinski definition) is 3. The second kappa shape index (κ2) is 14.9.